The van der Waals surface area contributed by atoms with E-state index in [9.17, 15) is 4.79 Å². The van der Waals surface area contributed by atoms with Gasteiger partial charge in [-0.2, -0.15) is 0 Å². The fourth-order valence-corrected chi connectivity index (χ4v) is 1.63. The lowest BCUT2D eigenvalue weighted by Gasteiger charge is -2.07. The van der Waals surface area contributed by atoms with Gasteiger partial charge in [-0.1, -0.05) is 30.3 Å². The molecule has 0 atom stereocenters. The van der Waals surface area contributed by atoms with E-state index in [-0.39, 0.29) is 5.97 Å². The van der Waals surface area contributed by atoms with E-state index in [1.54, 1.807) is 25.4 Å². The van der Waals surface area contributed by atoms with Crippen molar-refractivity contribution in [1.29, 1.82) is 0 Å². The third-order valence-corrected chi connectivity index (χ3v) is 2.40. The predicted molar refractivity (Wildman–Crippen MR) is 65.6 cm³/mol. The van der Waals surface area contributed by atoms with Crippen LogP contribution in [0.25, 0.3) is 11.1 Å². The van der Waals surface area contributed by atoms with Gasteiger partial charge >= 0.3 is 5.97 Å². The molecular weight excluding hydrogens is 214 g/mol. The van der Waals surface area contributed by atoms with Gasteiger partial charge in [-0.25, -0.2) is 4.79 Å². The molecule has 1 aromatic carbocycles. The summed E-state index contributed by atoms with van der Waals surface area (Å²) >= 11 is 0. The first kappa shape index (κ1) is 11.3. The standard InChI is InChI=1S/C14H13NO2/c1-2-17-14(16)12-8-9-15-10-13(12)11-6-4-3-5-7-11/h3-10H,2H2,1H3. The number of hydrogen-bond donors (Lipinski definition) is 0. The average Bonchev–Trinajstić information content (AvgIpc) is 2.40. The third-order valence-electron chi connectivity index (χ3n) is 2.40. The Morgan fingerprint density at radius 1 is 1.24 bits per heavy atom. The molecule has 2 aromatic rings. The maximum absolute atomic E-state index is 11.8. The predicted octanol–water partition coefficient (Wildman–Crippen LogP) is 2.93. The molecule has 17 heavy (non-hydrogen) atoms. The van der Waals surface area contributed by atoms with Crippen LogP contribution >= 0.6 is 0 Å². The summed E-state index contributed by atoms with van der Waals surface area (Å²) in [5.41, 5.74) is 2.31. The number of rotatable bonds is 3. The van der Waals surface area contributed by atoms with E-state index in [0.29, 0.717) is 12.2 Å². The lowest BCUT2D eigenvalue weighted by molar-refractivity contribution is 0.0527. The number of pyridine rings is 1. The molecule has 3 nitrogen and oxygen atoms in total. The maximum Gasteiger partial charge on any atom is 0.338 e. The number of hydrogen-bond acceptors (Lipinski definition) is 3. The van der Waals surface area contributed by atoms with Gasteiger partial charge in [0, 0.05) is 18.0 Å². The van der Waals surface area contributed by atoms with Crippen molar-refractivity contribution in [3.8, 4) is 11.1 Å². The molecule has 0 N–H and O–H groups in total. The van der Waals surface area contributed by atoms with Crippen molar-refractivity contribution in [3.63, 3.8) is 0 Å². The number of carbonyl (C=O) groups excluding carboxylic acids is 1. The molecule has 0 radical (unpaired) electrons. The maximum atomic E-state index is 11.8. The minimum Gasteiger partial charge on any atom is -0.462 e. The molecule has 0 aliphatic heterocycles. The first-order valence-corrected chi connectivity index (χ1v) is 5.49. The van der Waals surface area contributed by atoms with Gasteiger partial charge in [0.2, 0.25) is 0 Å². The highest BCUT2D eigenvalue weighted by atomic mass is 16.5. The summed E-state index contributed by atoms with van der Waals surface area (Å²) in [7, 11) is 0. The van der Waals surface area contributed by atoms with E-state index >= 15 is 0 Å². The van der Waals surface area contributed by atoms with Gasteiger partial charge in [0.15, 0.2) is 0 Å². The monoisotopic (exact) mass is 227 g/mol. The Labute approximate surface area is 100 Å². The average molecular weight is 227 g/mol. The van der Waals surface area contributed by atoms with Crippen molar-refractivity contribution in [2.24, 2.45) is 0 Å². The van der Waals surface area contributed by atoms with Crippen molar-refractivity contribution in [2.45, 2.75) is 6.92 Å². The summed E-state index contributed by atoms with van der Waals surface area (Å²) in [6, 6.07) is 11.4. The molecule has 0 fully saturated rings. The summed E-state index contributed by atoms with van der Waals surface area (Å²) in [5.74, 6) is -0.311. The molecule has 0 spiro atoms. The molecule has 1 heterocycles. The Kier molecular flexibility index (Phi) is 3.50. The van der Waals surface area contributed by atoms with Gasteiger partial charge < -0.3 is 4.74 Å². The number of esters is 1. The molecule has 0 saturated heterocycles. The summed E-state index contributed by atoms with van der Waals surface area (Å²) < 4.78 is 5.02. The summed E-state index contributed by atoms with van der Waals surface area (Å²) in [6.45, 7) is 2.16. The van der Waals surface area contributed by atoms with Crippen LogP contribution in [-0.4, -0.2) is 17.6 Å². The Bertz CT molecular complexity index is 509. The van der Waals surface area contributed by atoms with Crippen LogP contribution in [-0.2, 0) is 4.74 Å². The molecule has 2 rings (SSSR count). The number of ether oxygens (including phenoxy) is 1. The van der Waals surface area contributed by atoms with Crippen LogP contribution in [0.1, 0.15) is 17.3 Å². The van der Waals surface area contributed by atoms with Gasteiger partial charge in [-0.15, -0.1) is 0 Å². The quantitative estimate of drug-likeness (QED) is 0.757. The van der Waals surface area contributed by atoms with Crippen molar-refractivity contribution in [1.82, 2.24) is 4.98 Å². The van der Waals surface area contributed by atoms with Gasteiger partial charge in [0.05, 0.1) is 12.2 Å². The molecule has 0 saturated carbocycles. The van der Waals surface area contributed by atoms with E-state index < -0.39 is 0 Å². The van der Waals surface area contributed by atoms with Gasteiger partial charge in [0.25, 0.3) is 0 Å². The number of nitrogens with zero attached hydrogens (tertiary/aromatic N) is 1. The number of carbonyl (C=O) groups is 1. The largest absolute Gasteiger partial charge is 0.462 e. The fourth-order valence-electron chi connectivity index (χ4n) is 1.63. The van der Waals surface area contributed by atoms with Crippen LogP contribution in [0, 0.1) is 0 Å². The second kappa shape index (κ2) is 5.25. The van der Waals surface area contributed by atoms with Gasteiger partial charge in [-0.05, 0) is 18.6 Å². The van der Waals surface area contributed by atoms with Crippen molar-refractivity contribution < 1.29 is 9.53 Å². The zero-order chi connectivity index (χ0) is 12.1. The molecule has 0 unspecified atom stereocenters. The van der Waals surface area contributed by atoms with E-state index in [1.807, 2.05) is 30.3 Å². The topological polar surface area (TPSA) is 39.2 Å². The smallest absolute Gasteiger partial charge is 0.338 e. The minimum absolute atomic E-state index is 0.311. The lowest BCUT2D eigenvalue weighted by Crippen LogP contribution is -2.06. The normalized spacial score (nSPS) is 9.94. The van der Waals surface area contributed by atoms with Crippen LogP contribution in [0.5, 0.6) is 0 Å². The Hall–Kier alpha value is -2.16. The highest BCUT2D eigenvalue weighted by Gasteiger charge is 2.13. The highest BCUT2D eigenvalue weighted by Crippen LogP contribution is 2.22. The van der Waals surface area contributed by atoms with Gasteiger partial charge in [-0.3, -0.25) is 4.98 Å². The Morgan fingerprint density at radius 2 is 2.00 bits per heavy atom. The van der Waals surface area contributed by atoms with Crippen LogP contribution in [0.3, 0.4) is 0 Å². The Morgan fingerprint density at radius 3 is 2.71 bits per heavy atom. The molecule has 3 heteroatoms. The minimum atomic E-state index is -0.311. The third kappa shape index (κ3) is 2.50. The first-order valence-electron chi connectivity index (χ1n) is 5.49. The summed E-state index contributed by atoms with van der Waals surface area (Å²) in [4.78, 5) is 15.8. The van der Waals surface area contributed by atoms with Crippen LogP contribution in [0.15, 0.2) is 48.8 Å². The zero-order valence-electron chi connectivity index (χ0n) is 9.59. The number of benzene rings is 1. The SMILES string of the molecule is CCOC(=O)c1ccncc1-c1ccccc1. The number of aromatic nitrogens is 1. The second-order valence-corrected chi connectivity index (χ2v) is 3.51. The second-order valence-electron chi connectivity index (χ2n) is 3.51. The molecular formula is C14H13NO2. The van der Waals surface area contributed by atoms with Gasteiger partial charge in [0.1, 0.15) is 0 Å². The fraction of sp³-hybridized carbons (Fsp3) is 0.143. The van der Waals surface area contributed by atoms with E-state index in [0.717, 1.165) is 11.1 Å². The first-order chi connectivity index (χ1) is 8.33. The van der Waals surface area contributed by atoms with Crippen LogP contribution < -0.4 is 0 Å². The van der Waals surface area contributed by atoms with Crippen LogP contribution in [0.2, 0.25) is 0 Å². The van der Waals surface area contributed by atoms with Crippen molar-refractivity contribution >= 4 is 5.97 Å². The lowest BCUT2D eigenvalue weighted by atomic mass is 10.0. The van der Waals surface area contributed by atoms with Crippen LogP contribution in [0.4, 0.5) is 0 Å². The molecule has 86 valence electrons. The van der Waals surface area contributed by atoms with E-state index in [1.165, 1.54) is 0 Å². The van der Waals surface area contributed by atoms with Crippen molar-refractivity contribution in [3.05, 3.63) is 54.4 Å². The molecule has 0 bridgehead atoms. The zero-order valence-corrected chi connectivity index (χ0v) is 9.59. The van der Waals surface area contributed by atoms with E-state index in [2.05, 4.69) is 4.98 Å². The van der Waals surface area contributed by atoms with E-state index in [4.69, 9.17) is 4.74 Å². The highest BCUT2D eigenvalue weighted by molar-refractivity contribution is 5.96. The molecule has 0 amide bonds. The molecule has 1 aromatic heterocycles. The summed E-state index contributed by atoms with van der Waals surface area (Å²) in [6.07, 6.45) is 3.28. The Balaban J connectivity index is 2.45. The summed E-state index contributed by atoms with van der Waals surface area (Å²) in [5, 5.41) is 0. The van der Waals surface area contributed by atoms with Crippen molar-refractivity contribution in [2.75, 3.05) is 6.61 Å². The molecule has 0 aliphatic rings. The molecule has 0 aliphatic carbocycles.